The number of aryl methyl sites for hydroxylation is 1. The van der Waals surface area contributed by atoms with E-state index in [0.717, 1.165) is 11.3 Å². The van der Waals surface area contributed by atoms with Crippen molar-refractivity contribution in [1.29, 1.82) is 0 Å². The lowest BCUT2D eigenvalue weighted by atomic mass is 9.77. The van der Waals surface area contributed by atoms with E-state index in [1.165, 1.54) is 12.1 Å². The number of aromatic nitrogens is 3. The SMILES string of the molecule is Cn1cc(CC(CN)(CO)c2ccc(F)cc2)nn1. The van der Waals surface area contributed by atoms with Crippen LogP contribution in [0.4, 0.5) is 4.39 Å². The fraction of sp³-hybridized carbons (Fsp3) is 0.385. The van der Waals surface area contributed by atoms with Gasteiger partial charge in [0.15, 0.2) is 0 Å². The number of aliphatic hydroxyl groups is 1. The molecule has 1 aromatic heterocycles. The minimum absolute atomic E-state index is 0.133. The van der Waals surface area contributed by atoms with Crippen LogP contribution in [-0.2, 0) is 18.9 Å². The van der Waals surface area contributed by atoms with Gasteiger partial charge in [-0.3, -0.25) is 4.68 Å². The Balaban J connectivity index is 2.33. The third-order valence-electron chi connectivity index (χ3n) is 3.32. The van der Waals surface area contributed by atoms with Crippen molar-refractivity contribution in [3.8, 4) is 0 Å². The van der Waals surface area contributed by atoms with Crippen molar-refractivity contribution in [2.45, 2.75) is 11.8 Å². The zero-order valence-electron chi connectivity index (χ0n) is 10.8. The summed E-state index contributed by atoms with van der Waals surface area (Å²) < 4.78 is 14.6. The van der Waals surface area contributed by atoms with Crippen LogP contribution in [0.25, 0.3) is 0 Å². The normalized spacial score (nSPS) is 14.3. The van der Waals surface area contributed by atoms with Gasteiger partial charge in [-0.25, -0.2) is 4.39 Å². The lowest BCUT2D eigenvalue weighted by Crippen LogP contribution is -2.41. The molecule has 19 heavy (non-hydrogen) atoms. The van der Waals surface area contributed by atoms with Gasteiger partial charge in [0, 0.05) is 31.6 Å². The van der Waals surface area contributed by atoms with Crippen molar-refractivity contribution < 1.29 is 9.50 Å². The number of aliphatic hydroxyl groups excluding tert-OH is 1. The van der Waals surface area contributed by atoms with Crippen molar-refractivity contribution in [1.82, 2.24) is 15.0 Å². The van der Waals surface area contributed by atoms with Crippen molar-refractivity contribution in [2.24, 2.45) is 12.8 Å². The molecule has 0 saturated heterocycles. The highest BCUT2D eigenvalue weighted by Crippen LogP contribution is 2.27. The predicted octanol–water partition coefficient (Wildman–Crippen LogP) is 0.386. The van der Waals surface area contributed by atoms with Gasteiger partial charge in [-0.2, -0.15) is 0 Å². The van der Waals surface area contributed by atoms with E-state index in [0.29, 0.717) is 6.42 Å². The van der Waals surface area contributed by atoms with E-state index in [9.17, 15) is 9.50 Å². The maximum absolute atomic E-state index is 13.0. The molecular weight excluding hydrogens is 247 g/mol. The summed E-state index contributed by atoms with van der Waals surface area (Å²) in [4.78, 5) is 0. The fourth-order valence-electron chi connectivity index (χ4n) is 2.13. The molecule has 0 fully saturated rings. The molecule has 0 radical (unpaired) electrons. The minimum Gasteiger partial charge on any atom is -0.395 e. The second kappa shape index (κ2) is 5.46. The fourth-order valence-corrected chi connectivity index (χ4v) is 2.13. The van der Waals surface area contributed by atoms with E-state index in [4.69, 9.17) is 5.73 Å². The van der Waals surface area contributed by atoms with Gasteiger partial charge < -0.3 is 10.8 Å². The Kier molecular flexibility index (Phi) is 3.92. The predicted molar refractivity (Wildman–Crippen MR) is 68.9 cm³/mol. The average molecular weight is 264 g/mol. The number of rotatable bonds is 5. The third-order valence-corrected chi connectivity index (χ3v) is 3.32. The first-order valence-electron chi connectivity index (χ1n) is 6.02. The maximum atomic E-state index is 13.0. The number of nitrogens with zero attached hydrogens (tertiary/aromatic N) is 3. The number of halogens is 1. The Morgan fingerprint density at radius 3 is 2.53 bits per heavy atom. The van der Waals surface area contributed by atoms with Crippen molar-refractivity contribution in [2.75, 3.05) is 13.2 Å². The van der Waals surface area contributed by atoms with E-state index in [1.807, 2.05) is 0 Å². The standard InChI is InChI=1S/C13H17FN4O/c1-18-7-12(16-17-18)6-13(8-15,9-19)10-2-4-11(14)5-3-10/h2-5,7,19H,6,8-9,15H2,1H3. The van der Waals surface area contributed by atoms with E-state index >= 15 is 0 Å². The minimum atomic E-state index is -0.663. The molecule has 0 aliphatic carbocycles. The molecule has 0 bridgehead atoms. The number of benzene rings is 1. The first-order chi connectivity index (χ1) is 9.09. The van der Waals surface area contributed by atoms with Gasteiger partial charge >= 0.3 is 0 Å². The highest BCUT2D eigenvalue weighted by Gasteiger charge is 2.31. The molecule has 1 atom stereocenters. The Bertz CT molecular complexity index is 534. The second-order valence-corrected chi connectivity index (χ2v) is 4.71. The molecule has 0 amide bonds. The van der Waals surface area contributed by atoms with Crippen LogP contribution < -0.4 is 5.73 Å². The molecule has 0 aliphatic heterocycles. The van der Waals surface area contributed by atoms with Crippen LogP contribution in [0, 0.1) is 5.82 Å². The first-order valence-corrected chi connectivity index (χ1v) is 6.02. The Hall–Kier alpha value is -1.79. The maximum Gasteiger partial charge on any atom is 0.123 e. The summed E-state index contributed by atoms with van der Waals surface area (Å²) in [5.74, 6) is -0.313. The van der Waals surface area contributed by atoms with Crippen molar-refractivity contribution in [3.05, 3.63) is 47.5 Å². The largest absolute Gasteiger partial charge is 0.395 e. The summed E-state index contributed by atoms with van der Waals surface area (Å²) in [7, 11) is 1.78. The number of hydrogen-bond acceptors (Lipinski definition) is 4. The van der Waals surface area contributed by atoms with Gasteiger partial charge in [-0.1, -0.05) is 17.3 Å². The van der Waals surface area contributed by atoms with Crippen LogP contribution in [-0.4, -0.2) is 33.3 Å². The first kappa shape index (κ1) is 13.6. The smallest absolute Gasteiger partial charge is 0.123 e. The van der Waals surface area contributed by atoms with Gasteiger partial charge in [-0.05, 0) is 17.7 Å². The molecule has 6 heteroatoms. The van der Waals surface area contributed by atoms with Crippen LogP contribution in [0.5, 0.6) is 0 Å². The Morgan fingerprint density at radius 2 is 2.05 bits per heavy atom. The van der Waals surface area contributed by atoms with E-state index < -0.39 is 5.41 Å². The summed E-state index contributed by atoms with van der Waals surface area (Å²) >= 11 is 0. The Morgan fingerprint density at radius 1 is 1.37 bits per heavy atom. The van der Waals surface area contributed by atoms with E-state index in [2.05, 4.69) is 10.3 Å². The lowest BCUT2D eigenvalue weighted by molar-refractivity contribution is 0.195. The molecule has 0 saturated carbocycles. The lowest BCUT2D eigenvalue weighted by Gasteiger charge is -2.30. The number of hydrogen-bond donors (Lipinski definition) is 2. The summed E-state index contributed by atoms with van der Waals surface area (Å²) in [5.41, 5.74) is 6.71. The topological polar surface area (TPSA) is 77.0 Å². The zero-order valence-corrected chi connectivity index (χ0v) is 10.8. The van der Waals surface area contributed by atoms with Crippen LogP contribution in [0.15, 0.2) is 30.5 Å². The quantitative estimate of drug-likeness (QED) is 0.819. The molecule has 1 unspecified atom stereocenters. The van der Waals surface area contributed by atoms with Crippen molar-refractivity contribution in [3.63, 3.8) is 0 Å². The van der Waals surface area contributed by atoms with Gasteiger partial charge in [0.2, 0.25) is 0 Å². The molecule has 3 N–H and O–H groups in total. The highest BCUT2D eigenvalue weighted by atomic mass is 19.1. The number of nitrogens with two attached hydrogens (primary N) is 1. The molecule has 102 valence electrons. The molecule has 2 rings (SSSR count). The molecule has 1 aromatic carbocycles. The van der Waals surface area contributed by atoms with Gasteiger partial charge in [0.25, 0.3) is 0 Å². The molecule has 2 aromatic rings. The summed E-state index contributed by atoms with van der Waals surface area (Å²) in [6.07, 6.45) is 2.24. The monoisotopic (exact) mass is 264 g/mol. The summed E-state index contributed by atoms with van der Waals surface area (Å²) in [6.45, 7) is 0.109. The summed E-state index contributed by atoms with van der Waals surface area (Å²) in [6, 6.07) is 6.03. The van der Waals surface area contributed by atoms with Crippen LogP contribution >= 0.6 is 0 Å². The molecular formula is C13H17FN4O. The van der Waals surface area contributed by atoms with Crippen LogP contribution in [0.1, 0.15) is 11.3 Å². The third kappa shape index (κ3) is 2.80. The van der Waals surface area contributed by atoms with E-state index in [1.54, 1.807) is 30.1 Å². The van der Waals surface area contributed by atoms with Gasteiger partial charge in [0.1, 0.15) is 5.82 Å². The van der Waals surface area contributed by atoms with Crippen LogP contribution in [0.2, 0.25) is 0 Å². The Labute approximate surface area is 110 Å². The molecule has 0 spiro atoms. The molecule has 0 aliphatic rings. The van der Waals surface area contributed by atoms with Gasteiger partial charge in [-0.15, -0.1) is 5.10 Å². The van der Waals surface area contributed by atoms with E-state index in [-0.39, 0.29) is 19.0 Å². The highest BCUT2D eigenvalue weighted by molar-refractivity contribution is 5.28. The second-order valence-electron chi connectivity index (χ2n) is 4.71. The van der Waals surface area contributed by atoms with Crippen LogP contribution in [0.3, 0.4) is 0 Å². The van der Waals surface area contributed by atoms with Gasteiger partial charge in [0.05, 0.1) is 12.3 Å². The summed E-state index contributed by atoms with van der Waals surface area (Å²) in [5, 5.41) is 17.6. The molecule has 5 nitrogen and oxygen atoms in total. The van der Waals surface area contributed by atoms with Crippen molar-refractivity contribution >= 4 is 0 Å². The zero-order chi connectivity index (χ0) is 13.9. The average Bonchev–Trinajstić information content (AvgIpc) is 2.82. The molecule has 1 heterocycles.